The Morgan fingerprint density at radius 2 is 1.58 bits per heavy atom. The summed E-state index contributed by atoms with van der Waals surface area (Å²) < 4.78 is 11.3. The van der Waals surface area contributed by atoms with E-state index >= 15 is 0 Å². The molecule has 0 fully saturated rings. The molecule has 4 heteroatoms. The number of ketones is 1. The summed E-state index contributed by atoms with van der Waals surface area (Å²) in [6.07, 6.45) is 1.89. The number of hydrogen-bond acceptors (Lipinski definition) is 4. The van der Waals surface area contributed by atoms with Crippen LogP contribution in [0.3, 0.4) is 0 Å². The van der Waals surface area contributed by atoms with Crippen molar-refractivity contribution in [2.24, 2.45) is 0 Å². The number of aryl methyl sites for hydroxylation is 1. The fourth-order valence-electron chi connectivity index (χ4n) is 3.45. The molecule has 0 heterocycles. The summed E-state index contributed by atoms with van der Waals surface area (Å²) in [5, 5.41) is 0. The van der Waals surface area contributed by atoms with Gasteiger partial charge in [-0.3, -0.25) is 9.59 Å². The quantitative estimate of drug-likeness (QED) is 0.151. The van der Waals surface area contributed by atoms with Gasteiger partial charge in [-0.05, 0) is 66.6 Å². The van der Waals surface area contributed by atoms with E-state index in [0.29, 0.717) is 29.9 Å². The van der Waals surface area contributed by atoms with E-state index in [1.807, 2.05) is 37.3 Å². The topological polar surface area (TPSA) is 52.6 Å². The van der Waals surface area contributed by atoms with Crippen LogP contribution in [0.2, 0.25) is 0 Å². The van der Waals surface area contributed by atoms with Crippen LogP contribution in [0, 0.1) is 6.92 Å². The molecule has 0 spiro atoms. The summed E-state index contributed by atoms with van der Waals surface area (Å²) >= 11 is 0. The average Bonchev–Trinajstić information content (AvgIpc) is 2.83. The van der Waals surface area contributed by atoms with Crippen molar-refractivity contribution in [1.29, 1.82) is 0 Å². The third-order valence-corrected chi connectivity index (χ3v) is 6.01. The Morgan fingerprint density at radius 3 is 2.21 bits per heavy atom. The zero-order valence-corrected chi connectivity index (χ0v) is 19.9. The van der Waals surface area contributed by atoms with Gasteiger partial charge in [-0.1, -0.05) is 63.2 Å². The molecule has 3 aromatic rings. The average molecular weight is 445 g/mol. The number of hydrogen-bond donors (Lipinski definition) is 0. The molecule has 0 saturated heterocycles. The van der Waals surface area contributed by atoms with Crippen LogP contribution in [-0.2, 0) is 10.2 Å². The fraction of sp³-hybridized carbons (Fsp3) is 0.310. The largest absolute Gasteiger partial charge is 0.494 e. The smallest absolute Gasteiger partial charge is 0.311 e. The molecule has 0 aromatic heterocycles. The van der Waals surface area contributed by atoms with Crippen LogP contribution >= 0.6 is 0 Å². The van der Waals surface area contributed by atoms with Gasteiger partial charge in [0.1, 0.15) is 11.5 Å². The molecule has 0 radical (unpaired) electrons. The van der Waals surface area contributed by atoms with Crippen molar-refractivity contribution in [2.45, 2.75) is 52.4 Å². The Kier molecular flexibility index (Phi) is 8.05. The summed E-state index contributed by atoms with van der Waals surface area (Å²) in [4.78, 5) is 24.8. The Morgan fingerprint density at radius 1 is 0.879 bits per heavy atom. The van der Waals surface area contributed by atoms with Crippen molar-refractivity contribution < 1.29 is 19.1 Å². The minimum atomic E-state index is -0.316. The minimum absolute atomic E-state index is 0.0555. The first-order valence-corrected chi connectivity index (χ1v) is 11.4. The fourth-order valence-corrected chi connectivity index (χ4v) is 3.45. The minimum Gasteiger partial charge on any atom is -0.494 e. The Hall–Kier alpha value is -3.40. The zero-order chi connectivity index (χ0) is 23.8. The number of ether oxygens (including phenoxy) is 2. The maximum atomic E-state index is 12.6. The van der Waals surface area contributed by atoms with Crippen molar-refractivity contribution in [3.63, 3.8) is 0 Å². The molecule has 0 unspecified atom stereocenters. The van der Waals surface area contributed by atoms with Crippen molar-refractivity contribution in [1.82, 2.24) is 0 Å². The molecule has 33 heavy (non-hydrogen) atoms. The number of rotatable bonds is 10. The van der Waals surface area contributed by atoms with Gasteiger partial charge < -0.3 is 9.47 Å². The number of benzene rings is 3. The van der Waals surface area contributed by atoms with Gasteiger partial charge in [-0.15, -0.1) is 0 Å². The summed E-state index contributed by atoms with van der Waals surface area (Å²) in [6, 6.07) is 22.4. The summed E-state index contributed by atoms with van der Waals surface area (Å²) in [5.74, 6) is 0.900. The molecule has 0 aliphatic heterocycles. The van der Waals surface area contributed by atoms with Gasteiger partial charge in [0.05, 0.1) is 6.61 Å². The lowest BCUT2D eigenvalue weighted by Gasteiger charge is -2.23. The van der Waals surface area contributed by atoms with Gasteiger partial charge in [0.15, 0.2) is 5.78 Å². The van der Waals surface area contributed by atoms with Crippen LogP contribution in [0.5, 0.6) is 11.5 Å². The maximum absolute atomic E-state index is 12.6. The first kappa shape index (κ1) is 24.2. The second kappa shape index (κ2) is 11.0. The Bertz CT molecular complexity index is 1080. The molecular formula is C29H32O4. The molecule has 0 aliphatic rings. The third-order valence-electron chi connectivity index (χ3n) is 6.01. The predicted molar refractivity (Wildman–Crippen MR) is 131 cm³/mol. The van der Waals surface area contributed by atoms with E-state index in [4.69, 9.17) is 9.47 Å². The van der Waals surface area contributed by atoms with Gasteiger partial charge >= 0.3 is 5.97 Å². The monoisotopic (exact) mass is 444 g/mol. The van der Waals surface area contributed by atoms with E-state index in [1.54, 1.807) is 30.3 Å². The molecule has 172 valence electrons. The first-order valence-electron chi connectivity index (χ1n) is 11.4. The highest BCUT2D eigenvalue weighted by molar-refractivity contribution is 6.09. The highest BCUT2D eigenvalue weighted by Crippen LogP contribution is 2.28. The lowest BCUT2D eigenvalue weighted by Crippen LogP contribution is -2.15. The highest BCUT2D eigenvalue weighted by Gasteiger charge is 2.17. The van der Waals surface area contributed by atoms with E-state index in [-0.39, 0.29) is 23.6 Å². The molecule has 0 bridgehead atoms. The Balaban J connectivity index is 1.46. The van der Waals surface area contributed by atoms with Gasteiger partial charge in [0.25, 0.3) is 0 Å². The normalized spacial score (nSPS) is 11.2. The number of esters is 1. The standard InChI is InChI=1S/C29H32O4/c1-5-29(3,4)24-14-16-25(17-15-24)32-19-9-12-27(30)33-26-18-13-23(20-21(26)2)28(31)22-10-7-6-8-11-22/h6-8,10-11,13-18,20H,5,9,12,19H2,1-4H3. The van der Waals surface area contributed by atoms with Crippen molar-refractivity contribution in [2.75, 3.05) is 6.61 Å². The summed E-state index contributed by atoms with van der Waals surface area (Å²) in [6.45, 7) is 8.91. The SMILES string of the molecule is CCC(C)(C)c1ccc(OCCCC(=O)Oc2ccc(C(=O)c3ccccc3)cc2C)cc1. The predicted octanol–water partition coefficient (Wildman–Crippen LogP) is 6.68. The van der Waals surface area contributed by atoms with E-state index < -0.39 is 0 Å². The second-order valence-electron chi connectivity index (χ2n) is 8.86. The molecule has 0 saturated carbocycles. The lowest BCUT2D eigenvalue weighted by molar-refractivity contribution is -0.134. The number of carbonyl (C=O) groups excluding carboxylic acids is 2. The van der Waals surface area contributed by atoms with Gasteiger partial charge in [0.2, 0.25) is 0 Å². The summed E-state index contributed by atoms with van der Waals surface area (Å²) in [5.41, 5.74) is 3.38. The van der Waals surface area contributed by atoms with Crippen molar-refractivity contribution in [3.8, 4) is 11.5 Å². The van der Waals surface area contributed by atoms with Gasteiger partial charge in [-0.2, -0.15) is 0 Å². The van der Waals surface area contributed by atoms with Crippen LogP contribution < -0.4 is 9.47 Å². The lowest BCUT2D eigenvalue weighted by atomic mass is 9.82. The Labute approximate surface area is 196 Å². The molecule has 4 nitrogen and oxygen atoms in total. The molecule has 3 aromatic carbocycles. The zero-order valence-electron chi connectivity index (χ0n) is 19.9. The molecule has 0 aliphatic carbocycles. The third kappa shape index (κ3) is 6.55. The first-order chi connectivity index (χ1) is 15.8. The molecule has 0 atom stereocenters. The molecule has 0 amide bonds. The van der Waals surface area contributed by atoms with Gasteiger partial charge in [-0.25, -0.2) is 0 Å². The van der Waals surface area contributed by atoms with E-state index in [1.165, 1.54) is 5.56 Å². The van der Waals surface area contributed by atoms with Crippen LogP contribution in [-0.4, -0.2) is 18.4 Å². The molecular weight excluding hydrogens is 412 g/mol. The van der Waals surface area contributed by atoms with E-state index in [0.717, 1.165) is 17.7 Å². The maximum Gasteiger partial charge on any atom is 0.311 e. The van der Waals surface area contributed by atoms with E-state index in [9.17, 15) is 9.59 Å². The van der Waals surface area contributed by atoms with Crippen LogP contribution in [0.1, 0.15) is 67.1 Å². The summed E-state index contributed by atoms with van der Waals surface area (Å²) in [7, 11) is 0. The van der Waals surface area contributed by atoms with Crippen LogP contribution in [0.25, 0.3) is 0 Å². The van der Waals surface area contributed by atoms with E-state index in [2.05, 4.69) is 32.9 Å². The highest BCUT2D eigenvalue weighted by atomic mass is 16.5. The number of carbonyl (C=O) groups is 2. The molecule has 0 N–H and O–H groups in total. The van der Waals surface area contributed by atoms with Crippen molar-refractivity contribution in [3.05, 3.63) is 95.1 Å². The van der Waals surface area contributed by atoms with Crippen LogP contribution in [0.15, 0.2) is 72.8 Å². The second-order valence-corrected chi connectivity index (χ2v) is 8.86. The van der Waals surface area contributed by atoms with Gasteiger partial charge in [0, 0.05) is 17.5 Å². The van der Waals surface area contributed by atoms with Crippen molar-refractivity contribution >= 4 is 11.8 Å². The molecule has 3 rings (SSSR count). The van der Waals surface area contributed by atoms with Crippen LogP contribution in [0.4, 0.5) is 0 Å².